The van der Waals surface area contributed by atoms with E-state index in [1.807, 2.05) is 0 Å². The summed E-state index contributed by atoms with van der Waals surface area (Å²) < 4.78 is 0. The molecular formula is C12H21NO3. The summed E-state index contributed by atoms with van der Waals surface area (Å²) in [5, 5.41) is 11.2. The highest BCUT2D eigenvalue weighted by Crippen LogP contribution is 2.25. The zero-order valence-corrected chi connectivity index (χ0v) is 9.87. The molecule has 0 spiro atoms. The maximum Gasteiger partial charge on any atom is 0.325 e. The number of carbonyl (C=O) groups is 2. The SMILES string of the molecule is C[C@@H](NC(=O)CC1CCCCCC1)C(=O)O. The van der Waals surface area contributed by atoms with E-state index >= 15 is 0 Å². The molecule has 0 aromatic heterocycles. The molecule has 0 radical (unpaired) electrons. The van der Waals surface area contributed by atoms with E-state index in [0.29, 0.717) is 12.3 Å². The molecule has 4 heteroatoms. The molecule has 4 nitrogen and oxygen atoms in total. The van der Waals surface area contributed by atoms with Crippen molar-refractivity contribution in [3.8, 4) is 0 Å². The quantitative estimate of drug-likeness (QED) is 0.721. The highest BCUT2D eigenvalue weighted by molar-refractivity contribution is 5.83. The predicted molar refractivity (Wildman–Crippen MR) is 61.0 cm³/mol. The fraction of sp³-hybridized carbons (Fsp3) is 0.833. The van der Waals surface area contributed by atoms with E-state index in [9.17, 15) is 9.59 Å². The predicted octanol–water partition coefficient (Wildman–Crippen LogP) is 1.94. The van der Waals surface area contributed by atoms with Crippen LogP contribution in [0.5, 0.6) is 0 Å². The van der Waals surface area contributed by atoms with Crippen molar-refractivity contribution in [2.75, 3.05) is 0 Å². The number of carboxylic acids is 1. The smallest absolute Gasteiger partial charge is 0.325 e. The average Bonchev–Trinajstić information content (AvgIpc) is 2.45. The number of hydrogen-bond acceptors (Lipinski definition) is 2. The normalized spacial score (nSPS) is 19.8. The van der Waals surface area contributed by atoms with E-state index in [1.165, 1.54) is 32.6 Å². The summed E-state index contributed by atoms with van der Waals surface area (Å²) in [4.78, 5) is 22.1. The van der Waals surface area contributed by atoms with E-state index < -0.39 is 12.0 Å². The lowest BCUT2D eigenvalue weighted by atomic mass is 9.96. The maximum atomic E-state index is 11.6. The lowest BCUT2D eigenvalue weighted by molar-refractivity contribution is -0.141. The van der Waals surface area contributed by atoms with Crippen LogP contribution in [0.3, 0.4) is 0 Å². The van der Waals surface area contributed by atoms with E-state index in [2.05, 4.69) is 5.32 Å². The molecule has 92 valence electrons. The number of aliphatic carboxylic acids is 1. The Morgan fingerprint density at radius 3 is 2.31 bits per heavy atom. The fourth-order valence-corrected chi connectivity index (χ4v) is 2.19. The Balaban J connectivity index is 2.29. The molecule has 1 saturated carbocycles. The van der Waals surface area contributed by atoms with Crippen LogP contribution in [0.4, 0.5) is 0 Å². The maximum absolute atomic E-state index is 11.6. The van der Waals surface area contributed by atoms with Gasteiger partial charge in [-0.15, -0.1) is 0 Å². The van der Waals surface area contributed by atoms with Crippen molar-refractivity contribution in [1.29, 1.82) is 0 Å². The first-order valence-electron chi connectivity index (χ1n) is 6.11. The second-order valence-corrected chi connectivity index (χ2v) is 4.69. The lowest BCUT2D eigenvalue weighted by Gasteiger charge is -2.15. The second kappa shape index (κ2) is 6.51. The van der Waals surface area contributed by atoms with Gasteiger partial charge in [0.1, 0.15) is 6.04 Å². The zero-order chi connectivity index (χ0) is 12.0. The Hall–Kier alpha value is -1.06. The highest BCUT2D eigenvalue weighted by Gasteiger charge is 2.19. The standard InChI is InChI=1S/C12H21NO3/c1-9(12(15)16)13-11(14)8-10-6-4-2-3-5-7-10/h9-10H,2-8H2,1H3,(H,13,14)(H,15,16)/t9-/m1/s1. The summed E-state index contributed by atoms with van der Waals surface area (Å²) in [5.41, 5.74) is 0. The number of hydrogen-bond donors (Lipinski definition) is 2. The first-order valence-corrected chi connectivity index (χ1v) is 6.11. The van der Waals surface area contributed by atoms with Gasteiger partial charge in [-0.05, 0) is 25.7 Å². The van der Waals surface area contributed by atoms with Crippen LogP contribution in [0.2, 0.25) is 0 Å². The summed E-state index contributed by atoms with van der Waals surface area (Å²) in [6.45, 7) is 1.49. The Morgan fingerprint density at radius 2 is 1.81 bits per heavy atom. The molecule has 1 aliphatic rings. The van der Waals surface area contributed by atoms with Crippen molar-refractivity contribution in [3.63, 3.8) is 0 Å². The van der Waals surface area contributed by atoms with E-state index in [-0.39, 0.29) is 5.91 Å². The van der Waals surface area contributed by atoms with E-state index in [0.717, 1.165) is 12.8 Å². The molecule has 0 saturated heterocycles. The van der Waals surface area contributed by atoms with Crippen LogP contribution >= 0.6 is 0 Å². The minimum absolute atomic E-state index is 0.123. The van der Waals surface area contributed by atoms with Crippen molar-refractivity contribution in [2.24, 2.45) is 5.92 Å². The molecule has 1 fully saturated rings. The van der Waals surface area contributed by atoms with Gasteiger partial charge < -0.3 is 10.4 Å². The minimum atomic E-state index is -0.978. The lowest BCUT2D eigenvalue weighted by Crippen LogP contribution is -2.39. The van der Waals surface area contributed by atoms with Crippen LogP contribution < -0.4 is 5.32 Å². The molecule has 1 aliphatic carbocycles. The summed E-state index contributed by atoms with van der Waals surface area (Å²) in [5.74, 6) is -0.653. The molecule has 0 heterocycles. The number of rotatable bonds is 4. The van der Waals surface area contributed by atoms with Gasteiger partial charge in [0.2, 0.25) is 5.91 Å². The van der Waals surface area contributed by atoms with Crippen LogP contribution in [-0.2, 0) is 9.59 Å². The Labute approximate surface area is 96.4 Å². The monoisotopic (exact) mass is 227 g/mol. The summed E-state index contributed by atoms with van der Waals surface area (Å²) >= 11 is 0. The molecular weight excluding hydrogens is 206 g/mol. The van der Waals surface area contributed by atoms with Gasteiger partial charge in [0.25, 0.3) is 0 Å². The number of carbonyl (C=O) groups excluding carboxylic acids is 1. The average molecular weight is 227 g/mol. The molecule has 16 heavy (non-hydrogen) atoms. The third-order valence-electron chi connectivity index (χ3n) is 3.20. The third-order valence-corrected chi connectivity index (χ3v) is 3.20. The van der Waals surface area contributed by atoms with Gasteiger partial charge in [0.05, 0.1) is 0 Å². The van der Waals surface area contributed by atoms with Gasteiger partial charge in [-0.1, -0.05) is 25.7 Å². The Kier molecular flexibility index (Phi) is 5.29. The van der Waals surface area contributed by atoms with Crippen LogP contribution in [0, 0.1) is 5.92 Å². The zero-order valence-electron chi connectivity index (χ0n) is 9.87. The van der Waals surface area contributed by atoms with Gasteiger partial charge >= 0.3 is 5.97 Å². The largest absolute Gasteiger partial charge is 0.480 e. The van der Waals surface area contributed by atoms with Crippen molar-refractivity contribution in [3.05, 3.63) is 0 Å². The molecule has 0 aromatic rings. The first-order chi connectivity index (χ1) is 7.59. The van der Waals surface area contributed by atoms with Gasteiger partial charge in [-0.2, -0.15) is 0 Å². The molecule has 1 amide bonds. The second-order valence-electron chi connectivity index (χ2n) is 4.69. The van der Waals surface area contributed by atoms with Gasteiger partial charge in [-0.25, -0.2) is 0 Å². The van der Waals surface area contributed by atoms with Crippen molar-refractivity contribution in [2.45, 2.75) is 57.9 Å². The summed E-state index contributed by atoms with van der Waals surface area (Å²) in [6, 6.07) is -0.779. The molecule has 0 bridgehead atoms. The molecule has 1 atom stereocenters. The Morgan fingerprint density at radius 1 is 1.25 bits per heavy atom. The number of amides is 1. The summed E-state index contributed by atoms with van der Waals surface area (Å²) in [6.07, 6.45) is 7.63. The van der Waals surface area contributed by atoms with Crippen LogP contribution in [0.25, 0.3) is 0 Å². The van der Waals surface area contributed by atoms with Crippen LogP contribution in [0.15, 0.2) is 0 Å². The molecule has 0 aromatic carbocycles. The minimum Gasteiger partial charge on any atom is -0.480 e. The third kappa shape index (κ3) is 4.64. The van der Waals surface area contributed by atoms with Crippen molar-refractivity contribution < 1.29 is 14.7 Å². The van der Waals surface area contributed by atoms with E-state index in [4.69, 9.17) is 5.11 Å². The molecule has 1 rings (SSSR count). The van der Waals surface area contributed by atoms with Crippen molar-refractivity contribution >= 4 is 11.9 Å². The number of carboxylic acid groups (broad SMARTS) is 1. The molecule has 0 unspecified atom stereocenters. The topological polar surface area (TPSA) is 66.4 Å². The fourth-order valence-electron chi connectivity index (χ4n) is 2.19. The number of nitrogens with one attached hydrogen (secondary N) is 1. The van der Waals surface area contributed by atoms with Crippen LogP contribution in [-0.4, -0.2) is 23.0 Å². The van der Waals surface area contributed by atoms with Gasteiger partial charge in [-0.3, -0.25) is 9.59 Å². The Bertz CT molecular complexity index is 245. The van der Waals surface area contributed by atoms with Gasteiger partial charge in [0, 0.05) is 6.42 Å². The first kappa shape index (κ1) is 13.0. The van der Waals surface area contributed by atoms with Gasteiger partial charge in [0.15, 0.2) is 0 Å². The van der Waals surface area contributed by atoms with E-state index in [1.54, 1.807) is 0 Å². The summed E-state index contributed by atoms with van der Waals surface area (Å²) in [7, 11) is 0. The van der Waals surface area contributed by atoms with Crippen molar-refractivity contribution in [1.82, 2.24) is 5.32 Å². The highest BCUT2D eigenvalue weighted by atomic mass is 16.4. The molecule has 2 N–H and O–H groups in total. The van der Waals surface area contributed by atoms with Crippen LogP contribution in [0.1, 0.15) is 51.9 Å². The molecule has 0 aliphatic heterocycles.